The van der Waals surface area contributed by atoms with E-state index in [1.165, 1.54) is 0 Å². The number of hydrogen-bond donors (Lipinski definition) is 4. The first-order chi connectivity index (χ1) is 14.5. The zero-order chi connectivity index (χ0) is 23.4. The molecule has 0 amide bonds. The summed E-state index contributed by atoms with van der Waals surface area (Å²) in [6.45, 7) is 1.28. The Morgan fingerprint density at radius 3 is 0.935 bits per heavy atom. The van der Waals surface area contributed by atoms with Crippen molar-refractivity contribution in [3.05, 3.63) is 0 Å². The van der Waals surface area contributed by atoms with Crippen molar-refractivity contribution >= 4 is 29.7 Å². The molecule has 0 radical (unpaired) electrons. The molecular formula is C18H30N4O9. The van der Waals surface area contributed by atoms with Gasteiger partial charge in [0.25, 0.3) is 0 Å². The highest BCUT2D eigenvalue weighted by Crippen LogP contribution is 2.02. The van der Waals surface area contributed by atoms with Crippen LogP contribution in [0.15, 0.2) is 0 Å². The molecule has 0 spiro atoms. The Bertz CT molecular complexity index is 626. The number of carboxylic acids is 4. The Hall–Kier alpha value is -2.61. The molecule has 0 aromatic carbocycles. The van der Waals surface area contributed by atoms with Gasteiger partial charge in [-0.2, -0.15) is 0 Å². The lowest BCUT2D eigenvalue weighted by molar-refractivity contribution is -0.141. The monoisotopic (exact) mass is 446 g/mol. The topological polar surface area (TPSA) is 179 Å². The second kappa shape index (κ2) is 13.6. The third-order valence-corrected chi connectivity index (χ3v) is 4.75. The third kappa shape index (κ3) is 12.6. The van der Waals surface area contributed by atoms with Crippen molar-refractivity contribution in [2.45, 2.75) is 6.42 Å². The van der Waals surface area contributed by atoms with Crippen LogP contribution in [0.2, 0.25) is 0 Å². The maximum absolute atomic E-state index is 12.0. The minimum atomic E-state index is -1.24. The van der Waals surface area contributed by atoms with Gasteiger partial charge in [-0.15, -0.1) is 0 Å². The molecule has 0 aromatic heterocycles. The van der Waals surface area contributed by atoms with Crippen LogP contribution in [-0.2, 0) is 24.0 Å². The third-order valence-electron chi connectivity index (χ3n) is 4.75. The minimum Gasteiger partial charge on any atom is -0.481 e. The van der Waals surface area contributed by atoms with Gasteiger partial charge < -0.3 is 20.4 Å². The number of carboxylic acid groups (broad SMARTS) is 4. The molecule has 1 aliphatic rings. The Balaban J connectivity index is 2.95. The molecule has 1 rings (SSSR count). The number of hydrogen-bond acceptors (Lipinski definition) is 9. The van der Waals surface area contributed by atoms with Gasteiger partial charge in [-0.1, -0.05) is 0 Å². The molecule has 13 nitrogen and oxygen atoms in total. The van der Waals surface area contributed by atoms with Gasteiger partial charge in [-0.25, -0.2) is 0 Å². The zero-order valence-electron chi connectivity index (χ0n) is 17.3. The molecular weight excluding hydrogens is 416 g/mol. The van der Waals surface area contributed by atoms with Gasteiger partial charge in [0.15, 0.2) is 5.78 Å². The first-order valence-corrected chi connectivity index (χ1v) is 9.83. The van der Waals surface area contributed by atoms with Crippen LogP contribution in [0.4, 0.5) is 0 Å². The smallest absolute Gasteiger partial charge is 0.317 e. The van der Waals surface area contributed by atoms with Crippen molar-refractivity contribution < 1.29 is 44.4 Å². The number of carbonyl (C=O) groups is 5. The molecule has 0 saturated carbocycles. The van der Waals surface area contributed by atoms with E-state index < -0.39 is 36.1 Å². The van der Waals surface area contributed by atoms with Crippen LogP contribution < -0.4 is 0 Å². The highest BCUT2D eigenvalue weighted by molar-refractivity contribution is 5.95. The van der Waals surface area contributed by atoms with E-state index in [1.807, 2.05) is 0 Å². The van der Waals surface area contributed by atoms with Gasteiger partial charge in [-0.3, -0.25) is 43.6 Å². The fourth-order valence-electron chi connectivity index (χ4n) is 3.26. The van der Waals surface area contributed by atoms with Crippen LogP contribution in [0.1, 0.15) is 6.42 Å². The molecule has 4 N–H and O–H groups in total. The van der Waals surface area contributed by atoms with E-state index in [1.54, 1.807) is 19.6 Å². The van der Waals surface area contributed by atoms with Gasteiger partial charge in [0, 0.05) is 52.4 Å². The Morgan fingerprint density at radius 2 is 0.710 bits per heavy atom. The lowest BCUT2D eigenvalue weighted by Crippen LogP contribution is -2.49. The molecule has 1 heterocycles. The molecule has 0 aromatic rings. The molecule has 31 heavy (non-hydrogen) atoms. The Kier molecular flexibility index (Phi) is 11.6. The van der Waals surface area contributed by atoms with Crippen LogP contribution in [0.3, 0.4) is 0 Å². The average molecular weight is 446 g/mol. The van der Waals surface area contributed by atoms with Crippen LogP contribution in [0.5, 0.6) is 0 Å². The number of ketones is 1. The highest BCUT2D eigenvalue weighted by atomic mass is 16.4. The van der Waals surface area contributed by atoms with Gasteiger partial charge in [0.1, 0.15) is 6.42 Å². The molecule has 1 fully saturated rings. The number of aliphatic carboxylic acids is 4. The van der Waals surface area contributed by atoms with E-state index >= 15 is 0 Å². The van der Waals surface area contributed by atoms with Gasteiger partial charge >= 0.3 is 23.9 Å². The number of Topliss-reactive ketones (excluding diaryl/α,β-unsaturated/α-hetero) is 1. The number of nitrogens with zero attached hydrogens (tertiary/aromatic N) is 4. The predicted octanol–water partition coefficient (Wildman–Crippen LogP) is -2.49. The van der Waals surface area contributed by atoms with Crippen LogP contribution >= 0.6 is 0 Å². The van der Waals surface area contributed by atoms with E-state index in [9.17, 15) is 24.0 Å². The van der Waals surface area contributed by atoms with E-state index in [-0.39, 0.29) is 78.5 Å². The maximum atomic E-state index is 12.0. The lowest BCUT2D eigenvalue weighted by Gasteiger charge is -2.32. The van der Waals surface area contributed by atoms with Crippen LogP contribution in [-0.4, -0.2) is 148 Å². The normalized spacial score (nSPS) is 18.6. The second-order valence-corrected chi connectivity index (χ2v) is 7.39. The van der Waals surface area contributed by atoms with Crippen molar-refractivity contribution in [3.8, 4) is 0 Å². The quantitative estimate of drug-likeness (QED) is 0.259. The zero-order valence-corrected chi connectivity index (χ0v) is 17.3. The minimum absolute atomic E-state index is 0.140. The van der Waals surface area contributed by atoms with Gasteiger partial charge in [-0.05, 0) is 0 Å². The van der Waals surface area contributed by atoms with E-state index in [2.05, 4.69) is 0 Å². The van der Waals surface area contributed by atoms with Crippen molar-refractivity contribution in [1.29, 1.82) is 0 Å². The summed E-state index contributed by atoms with van der Waals surface area (Å²) in [5, 5.41) is 36.2. The fraction of sp³-hybridized carbons (Fsp3) is 0.722. The summed E-state index contributed by atoms with van der Waals surface area (Å²) >= 11 is 0. The summed E-state index contributed by atoms with van der Waals surface area (Å²) in [7, 11) is 0. The standard InChI is InChI=1S/C18H30N4O9/c23-14(9-15(24)25)10-19-1-3-20(11-16(26)27)5-7-22(13-18(30)31)8-6-21(4-2-19)12-17(28)29/h1-13H2,(H,24,25)(H,26,27)(H,28,29)(H,30,31). The molecule has 0 unspecified atom stereocenters. The summed E-state index contributed by atoms with van der Waals surface area (Å²) < 4.78 is 0. The van der Waals surface area contributed by atoms with Crippen molar-refractivity contribution in [3.63, 3.8) is 0 Å². The van der Waals surface area contributed by atoms with E-state index in [4.69, 9.17) is 20.4 Å². The van der Waals surface area contributed by atoms with Crippen molar-refractivity contribution in [2.75, 3.05) is 78.5 Å². The maximum Gasteiger partial charge on any atom is 0.317 e. The van der Waals surface area contributed by atoms with Crippen molar-refractivity contribution in [1.82, 2.24) is 19.6 Å². The summed E-state index contributed by atoms with van der Waals surface area (Å²) in [4.78, 5) is 62.8. The first kappa shape index (κ1) is 26.4. The number of carbonyl (C=O) groups excluding carboxylic acids is 1. The molecule has 13 heteroatoms. The molecule has 176 valence electrons. The molecule has 0 bridgehead atoms. The first-order valence-electron chi connectivity index (χ1n) is 9.83. The largest absolute Gasteiger partial charge is 0.481 e. The second-order valence-electron chi connectivity index (χ2n) is 7.39. The van der Waals surface area contributed by atoms with Crippen molar-refractivity contribution in [2.24, 2.45) is 0 Å². The molecule has 1 aliphatic heterocycles. The van der Waals surface area contributed by atoms with E-state index in [0.717, 1.165) is 0 Å². The number of rotatable bonds is 10. The van der Waals surface area contributed by atoms with Gasteiger partial charge in [0.05, 0.1) is 26.2 Å². The highest BCUT2D eigenvalue weighted by Gasteiger charge is 2.21. The lowest BCUT2D eigenvalue weighted by atomic mass is 10.2. The SMILES string of the molecule is O=C(O)CC(=O)CN1CCN(CC(=O)O)CCN(CC(=O)O)CCN(CC(=O)O)CC1. The summed E-state index contributed by atoms with van der Waals surface area (Å²) in [5.74, 6) is -4.86. The molecule has 0 aliphatic carbocycles. The summed E-state index contributed by atoms with van der Waals surface area (Å²) in [5.41, 5.74) is 0. The van der Waals surface area contributed by atoms with Crippen LogP contribution in [0, 0.1) is 0 Å². The average Bonchev–Trinajstić information content (AvgIpc) is 2.62. The molecule has 1 saturated heterocycles. The predicted molar refractivity (Wildman–Crippen MR) is 106 cm³/mol. The van der Waals surface area contributed by atoms with Gasteiger partial charge in [0.2, 0.25) is 0 Å². The fourth-order valence-corrected chi connectivity index (χ4v) is 3.26. The van der Waals surface area contributed by atoms with E-state index in [0.29, 0.717) is 0 Å². The Labute approximate surface area is 179 Å². The molecule has 0 atom stereocenters. The Morgan fingerprint density at radius 1 is 0.452 bits per heavy atom. The van der Waals surface area contributed by atoms with Crippen LogP contribution in [0.25, 0.3) is 0 Å². The summed E-state index contributed by atoms with van der Waals surface area (Å²) in [6.07, 6.45) is -0.627. The summed E-state index contributed by atoms with van der Waals surface area (Å²) in [6, 6.07) is 0.